The fraction of sp³-hybridized carbons (Fsp3) is 0.389. The second-order valence-corrected chi connectivity index (χ2v) is 7.17. The van der Waals surface area contributed by atoms with Crippen molar-refractivity contribution in [3.8, 4) is 0 Å². The van der Waals surface area contributed by atoms with Gasteiger partial charge in [0.05, 0.1) is 17.6 Å². The molecular formula is C18H22N4O2S. The lowest BCUT2D eigenvalue weighted by atomic mass is 10.2. The minimum absolute atomic E-state index is 0.0347. The van der Waals surface area contributed by atoms with E-state index < -0.39 is 0 Å². The fourth-order valence-electron chi connectivity index (χ4n) is 2.87. The first-order valence-electron chi connectivity index (χ1n) is 8.48. The number of thioether (sulfide) groups is 1. The molecule has 2 amide bonds. The molecular weight excluding hydrogens is 336 g/mol. The van der Waals surface area contributed by atoms with E-state index in [2.05, 4.69) is 15.7 Å². The van der Waals surface area contributed by atoms with E-state index in [1.54, 1.807) is 17.1 Å². The Hall–Kier alpha value is -2.28. The molecule has 0 aliphatic heterocycles. The number of hydrogen-bond donors (Lipinski definition) is 2. The zero-order valence-electron chi connectivity index (χ0n) is 14.0. The number of nitrogens with one attached hydrogen (secondary N) is 2. The first-order chi connectivity index (χ1) is 12.2. The zero-order chi connectivity index (χ0) is 17.5. The molecule has 0 atom stereocenters. The molecule has 1 heterocycles. The standard InChI is InChI=1S/C18H22N4O2S/c23-17(20-14-6-4-5-7-14)12-22-11-15(10-19-22)21-18(24)13-25-16-8-2-1-3-9-16/h1-3,8-11,14H,4-7,12-13H2,(H,20,23)(H,21,24). The summed E-state index contributed by atoms with van der Waals surface area (Å²) in [6.07, 6.45) is 7.73. The lowest BCUT2D eigenvalue weighted by Gasteiger charge is -2.11. The molecule has 0 spiro atoms. The van der Waals surface area contributed by atoms with E-state index in [0.717, 1.165) is 17.7 Å². The van der Waals surface area contributed by atoms with E-state index in [0.29, 0.717) is 17.5 Å². The molecule has 132 valence electrons. The van der Waals surface area contributed by atoms with Crippen LogP contribution in [0.4, 0.5) is 5.69 Å². The number of benzene rings is 1. The van der Waals surface area contributed by atoms with Gasteiger partial charge < -0.3 is 10.6 Å². The van der Waals surface area contributed by atoms with E-state index in [1.807, 2.05) is 30.3 Å². The maximum atomic E-state index is 12.0. The average Bonchev–Trinajstić information content (AvgIpc) is 3.26. The molecule has 0 unspecified atom stereocenters. The van der Waals surface area contributed by atoms with Crippen LogP contribution in [0.25, 0.3) is 0 Å². The number of rotatable bonds is 7. The number of aromatic nitrogens is 2. The van der Waals surface area contributed by atoms with Crippen LogP contribution in [0.5, 0.6) is 0 Å². The summed E-state index contributed by atoms with van der Waals surface area (Å²) in [4.78, 5) is 25.0. The van der Waals surface area contributed by atoms with Gasteiger partial charge >= 0.3 is 0 Å². The van der Waals surface area contributed by atoms with Crippen LogP contribution < -0.4 is 10.6 Å². The predicted molar refractivity (Wildman–Crippen MR) is 98.4 cm³/mol. The van der Waals surface area contributed by atoms with Gasteiger partial charge in [0.25, 0.3) is 0 Å². The van der Waals surface area contributed by atoms with Crippen molar-refractivity contribution in [3.05, 3.63) is 42.7 Å². The van der Waals surface area contributed by atoms with Crippen LogP contribution in [-0.2, 0) is 16.1 Å². The van der Waals surface area contributed by atoms with Crippen molar-refractivity contribution in [2.45, 2.75) is 43.2 Å². The van der Waals surface area contributed by atoms with Crippen molar-refractivity contribution < 1.29 is 9.59 Å². The molecule has 0 saturated heterocycles. The lowest BCUT2D eigenvalue weighted by Crippen LogP contribution is -2.35. The molecule has 6 nitrogen and oxygen atoms in total. The monoisotopic (exact) mass is 358 g/mol. The number of carbonyl (C=O) groups excluding carboxylic acids is 2. The number of amides is 2. The van der Waals surface area contributed by atoms with Crippen LogP contribution in [0, 0.1) is 0 Å². The van der Waals surface area contributed by atoms with Crippen LogP contribution in [0.15, 0.2) is 47.6 Å². The molecule has 0 bridgehead atoms. The van der Waals surface area contributed by atoms with Crippen molar-refractivity contribution in [1.82, 2.24) is 15.1 Å². The molecule has 1 aliphatic carbocycles. The van der Waals surface area contributed by atoms with Gasteiger partial charge in [0.2, 0.25) is 11.8 Å². The SMILES string of the molecule is O=C(CSc1ccccc1)Nc1cnn(CC(=O)NC2CCCC2)c1. The summed E-state index contributed by atoms with van der Waals surface area (Å²) >= 11 is 1.48. The maximum absolute atomic E-state index is 12.0. The van der Waals surface area contributed by atoms with Gasteiger partial charge in [-0.05, 0) is 25.0 Å². The number of carbonyl (C=O) groups is 2. The Morgan fingerprint density at radius 2 is 1.92 bits per heavy atom. The Kier molecular flexibility index (Phi) is 6.11. The first kappa shape index (κ1) is 17.5. The summed E-state index contributed by atoms with van der Waals surface area (Å²) in [6.45, 7) is 0.172. The minimum atomic E-state index is -0.0937. The summed E-state index contributed by atoms with van der Waals surface area (Å²) < 4.78 is 1.55. The van der Waals surface area contributed by atoms with Crippen LogP contribution in [0.1, 0.15) is 25.7 Å². The number of hydrogen-bond acceptors (Lipinski definition) is 4. The minimum Gasteiger partial charge on any atom is -0.352 e. The Labute approximate surface area is 151 Å². The quantitative estimate of drug-likeness (QED) is 0.746. The van der Waals surface area contributed by atoms with Gasteiger partial charge in [0.1, 0.15) is 6.54 Å². The molecule has 2 aromatic rings. The van der Waals surface area contributed by atoms with E-state index in [1.165, 1.54) is 24.6 Å². The molecule has 1 fully saturated rings. The highest BCUT2D eigenvalue weighted by molar-refractivity contribution is 8.00. The highest BCUT2D eigenvalue weighted by Gasteiger charge is 2.17. The summed E-state index contributed by atoms with van der Waals surface area (Å²) in [5.41, 5.74) is 0.604. The summed E-state index contributed by atoms with van der Waals surface area (Å²) in [7, 11) is 0. The lowest BCUT2D eigenvalue weighted by molar-refractivity contribution is -0.122. The fourth-order valence-corrected chi connectivity index (χ4v) is 3.59. The summed E-state index contributed by atoms with van der Waals surface area (Å²) in [5.74, 6) is 0.202. The van der Waals surface area contributed by atoms with Crippen molar-refractivity contribution in [3.63, 3.8) is 0 Å². The molecule has 7 heteroatoms. The molecule has 1 aromatic heterocycles. The van der Waals surface area contributed by atoms with Gasteiger partial charge in [-0.25, -0.2) is 0 Å². The molecule has 0 radical (unpaired) electrons. The van der Waals surface area contributed by atoms with E-state index >= 15 is 0 Å². The average molecular weight is 358 g/mol. The molecule has 1 aromatic carbocycles. The van der Waals surface area contributed by atoms with E-state index in [4.69, 9.17) is 0 Å². The maximum Gasteiger partial charge on any atom is 0.241 e. The van der Waals surface area contributed by atoms with Crippen molar-refractivity contribution in [2.75, 3.05) is 11.1 Å². The van der Waals surface area contributed by atoms with Gasteiger partial charge in [-0.1, -0.05) is 31.0 Å². The van der Waals surface area contributed by atoms with Crippen molar-refractivity contribution in [1.29, 1.82) is 0 Å². The first-order valence-corrected chi connectivity index (χ1v) is 9.47. The number of anilines is 1. The summed E-state index contributed by atoms with van der Waals surface area (Å²) in [6, 6.07) is 10.1. The third-order valence-corrected chi connectivity index (χ3v) is 5.07. The van der Waals surface area contributed by atoms with Crippen LogP contribution in [-0.4, -0.2) is 33.4 Å². The Morgan fingerprint density at radius 3 is 2.68 bits per heavy atom. The second kappa shape index (κ2) is 8.71. The van der Waals surface area contributed by atoms with E-state index in [-0.39, 0.29) is 18.4 Å². The highest BCUT2D eigenvalue weighted by Crippen LogP contribution is 2.18. The van der Waals surface area contributed by atoms with Crippen LogP contribution >= 0.6 is 11.8 Å². The highest BCUT2D eigenvalue weighted by atomic mass is 32.2. The topological polar surface area (TPSA) is 76.0 Å². The molecule has 3 rings (SSSR count). The molecule has 2 N–H and O–H groups in total. The summed E-state index contributed by atoms with van der Waals surface area (Å²) in [5, 5.41) is 9.97. The van der Waals surface area contributed by atoms with Crippen molar-refractivity contribution in [2.24, 2.45) is 0 Å². The zero-order valence-corrected chi connectivity index (χ0v) is 14.8. The van der Waals surface area contributed by atoms with Crippen LogP contribution in [0.2, 0.25) is 0 Å². The number of nitrogens with zero attached hydrogens (tertiary/aromatic N) is 2. The molecule has 25 heavy (non-hydrogen) atoms. The van der Waals surface area contributed by atoms with E-state index in [9.17, 15) is 9.59 Å². The third kappa shape index (κ3) is 5.63. The Morgan fingerprint density at radius 1 is 1.16 bits per heavy atom. The van der Waals surface area contributed by atoms with Gasteiger partial charge in [-0.3, -0.25) is 14.3 Å². The Bertz CT molecular complexity index is 711. The van der Waals surface area contributed by atoms with Gasteiger partial charge in [-0.2, -0.15) is 5.10 Å². The largest absolute Gasteiger partial charge is 0.352 e. The van der Waals surface area contributed by atoms with Gasteiger partial charge in [0, 0.05) is 17.1 Å². The van der Waals surface area contributed by atoms with Gasteiger partial charge in [-0.15, -0.1) is 11.8 Å². The van der Waals surface area contributed by atoms with Gasteiger partial charge in [0.15, 0.2) is 0 Å². The Balaban J connectivity index is 1.42. The van der Waals surface area contributed by atoms with Crippen molar-refractivity contribution >= 4 is 29.3 Å². The molecule has 1 saturated carbocycles. The molecule has 1 aliphatic rings. The van der Waals surface area contributed by atoms with Crippen LogP contribution in [0.3, 0.4) is 0 Å². The predicted octanol–water partition coefficient (Wildman–Crippen LogP) is 2.67. The second-order valence-electron chi connectivity index (χ2n) is 6.13. The smallest absolute Gasteiger partial charge is 0.241 e. The normalized spacial score (nSPS) is 14.4. The third-order valence-electron chi connectivity index (χ3n) is 4.06.